The number of methoxy groups -OCH3 is 1. The van der Waals surface area contributed by atoms with Crippen molar-refractivity contribution >= 4 is 17.3 Å². The summed E-state index contributed by atoms with van der Waals surface area (Å²) in [5.41, 5.74) is 1.42. The van der Waals surface area contributed by atoms with E-state index in [0.717, 1.165) is 17.3 Å². The highest BCUT2D eigenvalue weighted by Gasteiger charge is 2.07. The van der Waals surface area contributed by atoms with Gasteiger partial charge in [0.25, 0.3) is 0 Å². The van der Waals surface area contributed by atoms with Gasteiger partial charge in [0.15, 0.2) is 6.29 Å². The van der Waals surface area contributed by atoms with Gasteiger partial charge < -0.3 is 9.30 Å². The molecule has 0 fully saturated rings. The van der Waals surface area contributed by atoms with Gasteiger partial charge in [0.1, 0.15) is 12.4 Å². The van der Waals surface area contributed by atoms with E-state index in [2.05, 4.69) is 4.98 Å². The maximum atomic E-state index is 10.8. The summed E-state index contributed by atoms with van der Waals surface area (Å²) in [4.78, 5) is 14.9. The van der Waals surface area contributed by atoms with Gasteiger partial charge in [0.05, 0.1) is 0 Å². The Morgan fingerprint density at radius 3 is 3.21 bits per heavy atom. The summed E-state index contributed by atoms with van der Waals surface area (Å²) in [5.74, 6) is 0. The largest absolute Gasteiger partial charge is 0.364 e. The van der Waals surface area contributed by atoms with Crippen LogP contribution in [0.2, 0.25) is 0 Å². The fourth-order valence-electron chi connectivity index (χ4n) is 1.48. The molecule has 4 nitrogen and oxygen atoms in total. The zero-order chi connectivity index (χ0) is 9.97. The number of fused-ring (bicyclic) bond motifs is 1. The maximum absolute atomic E-state index is 10.8. The average molecular weight is 190 g/mol. The first kappa shape index (κ1) is 8.90. The first-order valence-corrected chi connectivity index (χ1v) is 4.25. The molecule has 0 aliphatic heterocycles. The fraction of sp³-hybridized carbons (Fsp3) is 0.200. The van der Waals surface area contributed by atoms with Crippen LogP contribution in [0.25, 0.3) is 11.0 Å². The molecule has 0 amide bonds. The zero-order valence-corrected chi connectivity index (χ0v) is 7.80. The molecule has 0 spiro atoms. The van der Waals surface area contributed by atoms with Crippen molar-refractivity contribution in [2.45, 2.75) is 6.73 Å². The van der Waals surface area contributed by atoms with Gasteiger partial charge in [-0.25, -0.2) is 4.98 Å². The van der Waals surface area contributed by atoms with E-state index in [1.807, 2.05) is 12.1 Å². The maximum Gasteiger partial charge on any atom is 0.152 e. The number of hydrogen-bond donors (Lipinski definition) is 0. The molecule has 0 saturated heterocycles. The van der Waals surface area contributed by atoms with E-state index >= 15 is 0 Å². The first-order valence-electron chi connectivity index (χ1n) is 4.25. The molecular weight excluding hydrogens is 180 g/mol. The molecule has 0 aliphatic rings. The summed E-state index contributed by atoms with van der Waals surface area (Å²) in [6.45, 7) is 0.404. The molecule has 0 aromatic carbocycles. The fourth-order valence-corrected chi connectivity index (χ4v) is 1.48. The molecule has 0 bridgehead atoms. The molecule has 0 saturated carbocycles. The molecular formula is C10H10N2O2. The highest BCUT2D eigenvalue weighted by atomic mass is 16.5. The van der Waals surface area contributed by atoms with Gasteiger partial charge in [-0.15, -0.1) is 0 Å². The van der Waals surface area contributed by atoms with E-state index in [1.165, 1.54) is 0 Å². The first-order chi connectivity index (χ1) is 6.86. The lowest BCUT2D eigenvalue weighted by atomic mass is 10.2. The third kappa shape index (κ3) is 1.29. The summed E-state index contributed by atoms with van der Waals surface area (Å²) >= 11 is 0. The lowest BCUT2D eigenvalue weighted by Crippen LogP contribution is -1.98. The third-order valence-corrected chi connectivity index (χ3v) is 2.06. The Morgan fingerprint density at radius 1 is 1.64 bits per heavy atom. The lowest BCUT2D eigenvalue weighted by molar-refractivity contribution is 0.112. The number of hydrogen-bond acceptors (Lipinski definition) is 3. The molecule has 0 unspecified atom stereocenters. The van der Waals surface area contributed by atoms with Gasteiger partial charge in [0.2, 0.25) is 0 Å². The van der Waals surface area contributed by atoms with Crippen LogP contribution in [-0.2, 0) is 11.5 Å². The van der Waals surface area contributed by atoms with Crippen molar-refractivity contribution in [3.63, 3.8) is 0 Å². The smallest absolute Gasteiger partial charge is 0.152 e. The predicted octanol–water partition coefficient (Wildman–Crippen LogP) is 1.45. The van der Waals surface area contributed by atoms with E-state index in [9.17, 15) is 4.79 Å². The Hall–Kier alpha value is -1.68. The monoisotopic (exact) mass is 190 g/mol. The average Bonchev–Trinajstić information content (AvgIpc) is 2.58. The molecule has 2 heterocycles. The molecule has 0 aliphatic carbocycles. The lowest BCUT2D eigenvalue weighted by Gasteiger charge is -2.00. The Kier molecular flexibility index (Phi) is 2.28. The number of rotatable bonds is 3. The third-order valence-electron chi connectivity index (χ3n) is 2.06. The number of aldehydes is 1. The summed E-state index contributed by atoms with van der Waals surface area (Å²) < 4.78 is 6.81. The van der Waals surface area contributed by atoms with Gasteiger partial charge in [-0.2, -0.15) is 0 Å². The van der Waals surface area contributed by atoms with Crippen molar-refractivity contribution in [2.24, 2.45) is 0 Å². The number of nitrogens with zero attached hydrogens (tertiary/aromatic N) is 2. The number of pyridine rings is 1. The number of carbonyl (C=O) groups excluding carboxylic acids is 1. The van der Waals surface area contributed by atoms with Crippen molar-refractivity contribution in [3.8, 4) is 0 Å². The van der Waals surface area contributed by atoms with Crippen LogP contribution in [0.1, 0.15) is 10.4 Å². The number of aromatic nitrogens is 2. The Labute approximate surface area is 81.1 Å². The summed E-state index contributed by atoms with van der Waals surface area (Å²) in [5, 5.41) is 0.861. The van der Waals surface area contributed by atoms with E-state index < -0.39 is 0 Å². The Bertz CT molecular complexity index is 462. The minimum Gasteiger partial charge on any atom is -0.364 e. The minimum atomic E-state index is 0.404. The summed E-state index contributed by atoms with van der Waals surface area (Å²) in [6, 6.07) is 3.69. The topological polar surface area (TPSA) is 44.1 Å². The van der Waals surface area contributed by atoms with Crippen molar-refractivity contribution in [2.75, 3.05) is 7.11 Å². The van der Waals surface area contributed by atoms with Crippen LogP contribution in [0.4, 0.5) is 0 Å². The van der Waals surface area contributed by atoms with Crippen LogP contribution in [0.5, 0.6) is 0 Å². The van der Waals surface area contributed by atoms with Crippen LogP contribution in [0.3, 0.4) is 0 Å². The Balaban J connectivity index is 2.66. The van der Waals surface area contributed by atoms with Gasteiger partial charge in [0, 0.05) is 30.5 Å². The van der Waals surface area contributed by atoms with E-state index in [0.29, 0.717) is 12.3 Å². The summed E-state index contributed by atoms with van der Waals surface area (Å²) in [6.07, 6.45) is 4.27. The van der Waals surface area contributed by atoms with Crippen molar-refractivity contribution in [1.82, 2.24) is 9.55 Å². The molecule has 14 heavy (non-hydrogen) atoms. The number of ether oxygens (including phenoxy) is 1. The minimum absolute atomic E-state index is 0.404. The van der Waals surface area contributed by atoms with Crippen molar-refractivity contribution in [3.05, 3.63) is 30.1 Å². The van der Waals surface area contributed by atoms with Gasteiger partial charge >= 0.3 is 0 Å². The molecule has 2 rings (SSSR count). The second kappa shape index (κ2) is 3.59. The quantitative estimate of drug-likeness (QED) is 0.688. The predicted molar refractivity (Wildman–Crippen MR) is 52.1 cm³/mol. The molecule has 0 N–H and O–H groups in total. The number of carbonyl (C=O) groups is 1. The molecule has 0 atom stereocenters. The highest BCUT2D eigenvalue weighted by Crippen LogP contribution is 2.17. The zero-order valence-electron chi connectivity index (χ0n) is 7.80. The molecule has 2 aromatic rings. The van der Waals surface area contributed by atoms with Crippen LogP contribution in [-0.4, -0.2) is 22.9 Å². The van der Waals surface area contributed by atoms with Crippen LogP contribution >= 0.6 is 0 Å². The molecule has 72 valence electrons. The van der Waals surface area contributed by atoms with Gasteiger partial charge in [-0.3, -0.25) is 4.79 Å². The molecule has 2 aromatic heterocycles. The van der Waals surface area contributed by atoms with E-state index in [-0.39, 0.29) is 0 Å². The van der Waals surface area contributed by atoms with Crippen LogP contribution < -0.4 is 0 Å². The normalized spacial score (nSPS) is 10.6. The SMILES string of the molecule is COCn1cc(C=O)c2cccnc21. The van der Waals surface area contributed by atoms with Crippen molar-refractivity contribution < 1.29 is 9.53 Å². The van der Waals surface area contributed by atoms with Crippen LogP contribution in [0, 0.1) is 0 Å². The second-order valence-electron chi connectivity index (χ2n) is 2.96. The highest BCUT2D eigenvalue weighted by molar-refractivity contribution is 5.95. The van der Waals surface area contributed by atoms with Crippen LogP contribution in [0.15, 0.2) is 24.5 Å². The Morgan fingerprint density at radius 2 is 2.50 bits per heavy atom. The summed E-state index contributed by atoms with van der Waals surface area (Å²) in [7, 11) is 1.61. The van der Waals surface area contributed by atoms with Gasteiger partial charge in [-0.05, 0) is 12.1 Å². The second-order valence-corrected chi connectivity index (χ2v) is 2.96. The standard InChI is InChI=1S/C10H10N2O2/c1-14-7-12-5-8(6-13)9-3-2-4-11-10(9)12/h2-6H,7H2,1H3. The molecule has 4 heteroatoms. The van der Waals surface area contributed by atoms with Gasteiger partial charge in [-0.1, -0.05) is 0 Å². The van der Waals surface area contributed by atoms with E-state index in [4.69, 9.17) is 4.74 Å². The van der Waals surface area contributed by atoms with Crippen molar-refractivity contribution in [1.29, 1.82) is 0 Å². The van der Waals surface area contributed by atoms with E-state index in [1.54, 1.807) is 24.1 Å². The molecule has 0 radical (unpaired) electrons.